The van der Waals surface area contributed by atoms with E-state index in [-0.39, 0.29) is 11.2 Å². The molecule has 0 saturated carbocycles. The Kier molecular flexibility index (Phi) is 5.35. The van der Waals surface area contributed by atoms with Gasteiger partial charge in [-0.1, -0.05) is 32.9 Å². The van der Waals surface area contributed by atoms with Gasteiger partial charge in [-0.25, -0.2) is 0 Å². The molecule has 0 bridgehead atoms. The highest BCUT2D eigenvalue weighted by atomic mass is 16.5. The molecule has 0 heterocycles. The molecule has 0 atom stereocenters. The van der Waals surface area contributed by atoms with Gasteiger partial charge in [0.1, 0.15) is 12.4 Å². The van der Waals surface area contributed by atoms with Crippen LogP contribution in [0.1, 0.15) is 37.6 Å². The highest BCUT2D eigenvalue weighted by molar-refractivity contribution is 5.98. The Morgan fingerprint density at radius 1 is 1.17 bits per heavy atom. The van der Waals surface area contributed by atoms with Gasteiger partial charge in [0.15, 0.2) is 5.78 Å². The van der Waals surface area contributed by atoms with E-state index in [9.17, 15) is 4.79 Å². The number of carbonyl (C=O) groups excluding carboxylic acids is 1. The van der Waals surface area contributed by atoms with Gasteiger partial charge in [-0.05, 0) is 17.5 Å². The fraction of sp³-hybridized carbons (Fsp3) is 0.533. The number of ether oxygens (including phenoxy) is 2. The van der Waals surface area contributed by atoms with E-state index in [0.29, 0.717) is 30.9 Å². The van der Waals surface area contributed by atoms with Gasteiger partial charge in [0.05, 0.1) is 12.2 Å². The van der Waals surface area contributed by atoms with Crippen molar-refractivity contribution >= 4 is 5.78 Å². The Morgan fingerprint density at radius 2 is 1.83 bits per heavy atom. The molecule has 1 aromatic rings. The fourth-order valence-corrected chi connectivity index (χ4v) is 1.63. The third kappa shape index (κ3) is 4.88. The SMILES string of the molecule is COCCOc1ccccc1C(=O)CC(C)(C)C. The van der Waals surface area contributed by atoms with Crippen LogP contribution in [0.3, 0.4) is 0 Å². The van der Waals surface area contributed by atoms with Crippen LogP contribution in [-0.4, -0.2) is 26.1 Å². The molecule has 0 saturated heterocycles. The van der Waals surface area contributed by atoms with Crippen molar-refractivity contribution in [1.29, 1.82) is 0 Å². The first-order valence-corrected chi connectivity index (χ1v) is 6.18. The molecule has 18 heavy (non-hydrogen) atoms. The molecule has 100 valence electrons. The molecule has 0 unspecified atom stereocenters. The van der Waals surface area contributed by atoms with Crippen molar-refractivity contribution in [1.82, 2.24) is 0 Å². The van der Waals surface area contributed by atoms with E-state index >= 15 is 0 Å². The molecule has 1 rings (SSSR count). The maximum atomic E-state index is 12.2. The Hall–Kier alpha value is -1.35. The largest absolute Gasteiger partial charge is 0.490 e. The number of hydrogen-bond acceptors (Lipinski definition) is 3. The van der Waals surface area contributed by atoms with Crippen LogP contribution >= 0.6 is 0 Å². The zero-order valence-corrected chi connectivity index (χ0v) is 11.7. The Bertz CT molecular complexity index is 391. The Morgan fingerprint density at radius 3 is 2.44 bits per heavy atom. The minimum Gasteiger partial charge on any atom is -0.490 e. The number of benzene rings is 1. The van der Waals surface area contributed by atoms with Crippen molar-refractivity contribution in [2.45, 2.75) is 27.2 Å². The van der Waals surface area contributed by atoms with E-state index < -0.39 is 0 Å². The standard InChI is InChI=1S/C15H22O3/c1-15(2,3)11-13(16)12-7-5-6-8-14(12)18-10-9-17-4/h5-8H,9-11H2,1-4H3. The lowest BCUT2D eigenvalue weighted by molar-refractivity contribution is 0.0932. The maximum absolute atomic E-state index is 12.2. The lowest BCUT2D eigenvalue weighted by Gasteiger charge is -2.18. The van der Waals surface area contributed by atoms with E-state index in [1.807, 2.05) is 24.3 Å². The van der Waals surface area contributed by atoms with Crippen LogP contribution in [0.4, 0.5) is 0 Å². The van der Waals surface area contributed by atoms with E-state index in [4.69, 9.17) is 9.47 Å². The first kappa shape index (κ1) is 14.7. The van der Waals surface area contributed by atoms with E-state index in [2.05, 4.69) is 20.8 Å². The first-order valence-electron chi connectivity index (χ1n) is 6.18. The second-order valence-corrected chi connectivity index (χ2v) is 5.50. The highest BCUT2D eigenvalue weighted by Gasteiger charge is 2.19. The normalized spacial score (nSPS) is 11.3. The van der Waals surface area contributed by atoms with E-state index in [1.165, 1.54) is 0 Å². The molecule has 0 aliphatic heterocycles. The first-order chi connectivity index (χ1) is 8.44. The molecule has 0 spiro atoms. The number of Topliss-reactive ketones (excluding diaryl/α,β-unsaturated/α-hetero) is 1. The minimum absolute atomic E-state index is 0.0171. The van der Waals surface area contributed by atoms with Crippen LogP contribution in [0.5, 0.6) is 5.75 Å². The third-order valence-electron chi connectivity index (χ3n) is 2.42. The number of carbonyl (C=O) groups is 1. The predicted molar refractivity (Wildman–Crippen MR) is 72.2 cm³/mol. The number of rotatable bonds is 6. The summed E-state index contributed by atoms with van der Waals surface area (Å²) in [6, 6.07) is 7.37. The molecule has 0 radical (unpaired) electrons. The molecule has 0 aromatic heterocycles. The van der Waals surface area contributed by atoms with Gasteiger partial charge in [-0.15, -0.1) is 0 Å². The summed E-state index contributed by atoms with van der Waals surface area (Å²) in [4.78, 5) is 12.2. The van der Waals surface area contributed by atoms with Crippen LogP contribution in [0.2, 0.25) is 0 Å². The second kappa shape index (κ2) is 6.55. The van der Waals surface area contributed by atoms with Gasteiger partial charge in [0.25, 0.3) is 0 Å². The molecular formula is C15H22O3. The molecule has 0 aliphatic rings. The van der Waals surface area contributed by atoms with Gasteiger partial charge in [0.2, 0.25) is 0 Å². The lowest BCUT2D eigenvalue weighted by atomic mass is 9.87. The number of para-hydroxylation sites is 1. The molecule has 1 aromatic carbocycles. The van der Waals surface area contributed by atoms with Gasteiger partial charge >= 0.3 is 0 Å². The highest BCUT2D eigenvalue weighted by Crippen LogP contribution is 2.26. The molecule has 0 amide bonds. The van der Waals surface area contributed by atoms with Crippen LogP contribution in [-0.2, 0) is 4.74 Å². The molecule has 3 nitrogen and oxygen atoms in total. The van der Waals surface area contributed by atoms with E-state index in [0.717, 1.165) is 0 Å². The summed E-state index contributed by atoms with van der Waals surface area (Å²) in [7, 11) is 1.63. The molecule has 3 heteroatoms. The van der Waals surface area contributed by atoms with E-state index in [1.54, 1.807) is 7.11 Å². The number of methoxy groups -OCH3 is 1. The molecular weight excluding hydrogens is 228 g/mol. The zero-order valence-electron chi connectivity index (χ0n) is 11.7. The fourth-order valence-electron chi connectivity index (χ4n) is 1.63. The van der Waals surface area contributed by atoms with Crippen LogP contribution in [0.15, 0.2) is 24.3 Å². The summed E-state index contributed by atoms with van der Waals surface area (Å²) in [6.45, 7) is 7.13. The lowest BCUT2D eigenvalue weighted by Crippen LogP contribution is -2.14. The summed E-state index contributed by atoms with van der Waals surface area (Å²) < 4.78 is 10.5. The summed E-state index contributed by atoms with van der Waals surface area (Å²) in [6.07, 6.45) is 0.512. The summed E-state index contributed by atoms with van der Waals surface area (Å²) in [5.74, 6) is 0.763. The quantitative estimate of drug-likeness (QED) is 0.574. The predicted octanol–water partition coefficient (Wildman–Crippen LogP) is 3.33. The zero-order chi connectivity index (χ0) is 13.6. The van der Waals surface area contributed by atoms with Gasteiger partial charge < -0.3 is 9.47 Å². The monoisotopic (exact) mass is 250 g/mol. The summed E-state index contributed by atoms with van der Waals surface area (Å²) in [5.41, 5.74) is 0.639. The van der Waals surface area contributed by atoms with Gasteiger partial charge in [-0.3, -0.25) is 4.79 Å². The molecule has 0 aliphatic carbocycles. The third-order valence-corrected chi connectivity index (χ3v) is 2.42. The minimum atomic E-state index is -0.0171. The topological polar surface area (TPSA) is 35.5 Å². The Balaban J connectivity index is 2.78. The molecule has 0 fully saturated rings. The van der Waals surface area contributed by atoms with Gasteiger partial charge in [0, 0.05) is 13.5 Å². The van der Waals surface area contributed by atoms with Crippen molar-refractivity contribution in [3.05, 3.63) is 29.8 Å². The number of ketones is 1. The van der Waals surface area contributed by atoms with Crippen LogP contribution < -0.4 is 4.74 Å². The smallest absolute Gasteiger partial charge is 0.167 e. The number of hydrogen-bond donors (Lipinski definition) is 0. The van der Waals surface area contributed by atoms with Crippen molar-refractivity contribution in [3.63, 3.8) is 0 Å². The van der Waals surface area contributed by atoms with Gasteiger partial charge in [-0.2, -0.15) is 0 Å². The van der Waals surface area contributed by atoms with Crippen molar-refractivity contribution < 1.29 is 14.3 Å². The Labute approximate surface area is 109 Å². The average molecular weight is 250 g/mol. The van der Waals surface area contributed by atoms with Crippen LogP contribution in [0, 0.1) is 5.41 Å². The average Bonchev–Trinajstić information content (AvgIpc) is 2.27. The second-order valence-electron chi connectivity index (χ2n) is 5.50. The van der Waals surface area contributed by atoms with Crippen molar-refractivity contribution in [3.8, 4) is 5.75 Å². The maximum Gasteiger partial charge on any atom is 0.167 e. The summed E-state index contributed by atoms with van der Waals surface area (Å²) in [5, 5.41) is 0. The van der Waals surface area contributed by atoms with Crippen LogP contribution in [0.25, 0.3) is 0 Å². The summed E-state index contributed by atoms with van der Waals surface area (Å²) >= 11 is 0. The molecule has 0 N–H and O–H groups in total. The van der Waals surface area contributed by atoms with Crippen molar-refractivity contribution in [2.75, 3.05) is 20.3 Å². The van der Waals surface area contributed by atoms with Crippen molar-refractivity contribution in [2.24, 2.45) is 5.41 Å².